The molecule has 0 radical (unpaired) electrons. The molecule has 1 aromatic carbocycles. The van der Waals surface area contributed by atoms with Crippen molar-refractivity contribution >= 4 is 40.8 Å². The quantitative estimate of drug-likeness (QED) is 0.468. The number of carbonyl (C=O) groups is 1. The first-order valence-corrected chi connectivity index (χ1v) is 6.09. The summed E-state index contributed by atoms with van der Waals surface area (Å²) in [5.74, 6) is -1.21. The Morgan fingerprint density at radius 2 is 1.74 bits per heavy atom. The number of halogens is 4. The fourth-order valence-electron chi connectivity index (χ4n) is 1.30. The summed E-state index contributed by atoms with van der Waals surface area (Å²) in [5.41, 5.74) is 0.116. The monoisotopic (exact) mass is 319 g/mol. The standard InChI is InChI=1S/C12H5Cl3FNO2/c13-8-5-7(16)1-2-9(8)19-12(18)6-3-10(14)17-11(15)4-6/h1-5H. The van der Waals surface area contributed by atoms with Gasteiger partial charge in [0.2, 0.25) is 0 Å². The van der Waals surface area contributed by atoms with Crippen LogP contribution in [0, 0.1) is 5.82 Å². The average Bonchev–Trinajstić information content (AvgIpc) is 2.31. The van der Waals surface area contributed by atoms with E-state index < -0.39 is 11.8 Å². The number of hydrogen-bond acceptors (Lipinski definition) is 3. The highest BCUT2D eigenvalue weighted by molar-refractivity contribution is 6.33. The number of ether oxygens (including phenoxy) is 1. The maximum absolute atomic E-state index is 12.8. The van der Waals surface area contributed by atoms with E-state index in [9.17, 15) is 9.18 Å². The van der Waals surface area contributed by atoms with Crippen molar-refractivity contribution in [3.63, 3.8) is 0 Å². The highest BCUT2D eigenvalue weighted by atomic mass is 35.5. The molecule has 0 aliphatic carbocycles. The van der Waals surface area contributed by atoms with Gasteiger partial charge in [-0.25, -0.2) is 14.2 Å². The van der Waals surface area contributed by atoms with Crippen LogP contribution in [-0.2, 0) is 0 Å². The van der Waals surface area contributed by atoms with E-state index in [0.717, 1.165) is 12.1 Å². The lowest BCUT2D eigenvalue weighted by Crippen LogP contribution is -2.09. The predicted molar refractivity (Wildman–Crippen MR) is 70.6 cm³/mol. The summed E-state index contributed by atoms with van der Waals surface area (Å²) in [6.07, 6.45) is 0. The molecule has 98 valence electrons. The van der Waals surface area contributed by atoms with Gasteiger partial charge in [0, 0.05) is 0 Å². The predicted octanol–water partition coefficient (Wildman–Crippen LogP) is 4.40. The minimum Gasteiger partial charge on any atom is -0.421 e. The van der Waals surface area contributed by atoms with Crippen LogP contribution in [0.4, 0.5) is 4.39 Å². The fraction of sp³-hybridized carbons (Fsp3) is 0. The van der Waals surface area contributed by atoms with Crippen molar-refractivity contribution in [3.05, 3.63) is 57.0 Å². The van der Waals surface area contributed by atoms with Gasteiger partial charge < -0.3 is 4.74 Å². The lowest BCUT2D eigenvalue weighted by atomic mass is 10.3. The zero-order valence-electron chi connectivity index (χ0n) is 9.16. The maximum Gasteiger partial charge on any atom is 0.343 e. The Morgan fingerprint density at radius 3 is 2.32 bits per heavy atom. The Hall–Kier alpha value is -1.36. The van der Waals surface area contributed by atoms with Gasteiger partial charge in [0.25, 0.3) is 0 Å². The molecular weight excluding hydrogens is 315 g/mol. The molecule has 0 atom stereocenters. The largest absolute Gasteiger partial charge is 0.421 e. The zero-order chi connectivity index (χ0) is 14.0. The maximum atomic E-state index is 12.8. The first-order chi connectivity index (χ1) is 8.95. The molecule has 19 heavy (non-hydrogen) atoms. The first kappa shape index (κ1) is 14.1. The molecule has 0 spiro atoms. The van der Waals surface area contributed by atoms with Crippen molar-refractivity contribution in [3.8, 4) is 5.75 Å². The molecule has 3 nitrogen and oxygen atoms in total. The van der Waals surface area contributed by atoms with E-state index in [0.29, 0.717) is 0 Å². The third-order valence-electron chi connectivity index (χ3n) is 2.10. The molecule has 0 aliphatic heterocycles. The SMILES string of the molecule is O=C(Oc1ccc(F)cc1Cl)c1cc(Cl)nc(Cl)c1. The first-order valence-electron chi connectivity index (χ1n) is 4.96. The zero-order valence-corrected chi connectivity index (χ0v) is 11.4. The van der Waals surface area contributed by atoms with Crippen molar-refractivity contribution in [2.45, 2.75) is 0 Å². The van der Waals surface area contributed by atoms with Crippen LogP contribution >= 0.6 is 34.8 Å². The molecular formula is C12H5Cl3FNO2. The average molecular weight is 321 g/mol. The Kier molecular flexibility index (Phi) is 4.24. The topological polar surface area (TPSA) is 39.2 Å². The molecule has 0 aliphatic rings. The van der Waals surface area contributed by atoms with Gasteiger partial charge in [0.05, 0.1) is 10.6 Å². The Morgan fingerprint density at radius 1 is 1.11 bits per heavy atom. The summed E-state index contributed by atoms with van der Waals surface area (Å²) >= 11 is 17.1. The van der Waals surface area contributed by atoms with E-state index >= 15 is 0 Å². The van der Waals surface area contributed by atoms with E-state index in [-0.39, 0.29) is 26.6 Å². The Bertz CT molecular complexity index is 629. The molecule has 0 saturated heterocycles. The third-order valence-corrected chi connectivity index (χ3v) is 2.78. The summed E-state index contributed by atoms with van der Waals surface area (Å²) in [4.78, 5) is 15.5. The van der Waals surface area contributed by atoms with Gasteiger partial charge in [-0.2, -0.15) is 0 Å². The normalized spacial score (nSPS) is 10.3. The van der Waals surface area contributed by atoms with Gasteiger partial charge in [0.15, 0.2) is 0 Å². The van der Waals surface area contributed by atoms with Gasteiger partial charge in [-0.1, -0.05) is 34.8 Å². The summed E-state index contributed by atoms with van der Waals surface area (Å²) < 4.78 is 17.9. The van der Waals surface area contributed by atoms with Crippen LogP contribution in [0.1, 0.15) is 10.4 Å². The van der Waals surface area contributed by atoms with E-state index in [4.69, 9.17) is 39.5 Å². The smallest absolute Gasteiger partial charge is 0.343 e. The highest BCUT2D eigenvalue weighted by Crippen LogP contribution is 2.26. The molecule has 1 heterocycles. The summed E-state index contributed by atoms with van der Waals surface area (Å²) in [7, 11) is 0. The van der Waals surface area contributed by atoms with Crippen LogP contribution < -0.4 is 4.74 Å². The molecule has 2 aromatic rings. The van der Waals surface area contributed by atoms with Crippen molar-refractivity contribution < 1.29 is 13.9 Å². The van der Waals surface area contributed by atoms with Crippen LogP contribution in [0.3, 0.4) is 0 Å². The van der Waals surface area contributed by atoms with Crippen molar-refractivity contribution in [1.82, 2.24) is 4.98 Å². The number of esters is 1. The molecule has 1 aromatic heterocycles. The summed E-state index contributed by atoms with van der Waals surface area (Å²) in [6, 6.07) is 6.01. The number of hydrogen-bond donors (Lipinski definition) is 0. The van der Waals surface area contributed by atoms with Crippen LogP contribution in [0.25, 0.3) is 0 Å². The molecule has 0 amide bonds. The highest BCUT2D eigenvalue weighted by Gasteiger charge is 2.13. The number of benzene rings is 1. The number of carbonyl (C=O) groups excluding carboxylic acids is 1. The van der Waals surface area contributed by atoms with Gasteiger partial charge >= 0.3 is 5.97 Å². The molecule has 2 rings (SSSR count). The van der Waals surface area contributed by atoms with Crippen molar-refractivity contribution in [2.75, 3.05) is 0 Å². The van der Waals surface area contributed by atoms with E-state index in [1.165, 1.54) is 18.2 Å². The molecule has 7 heteroatoms. The molecule has 0 bridgehead atoms. The van der Waals surface area contributed by atoms with E-state index in [2.05, 4.69) is 4.98 Å². The summed E-state index contributed by atoms with van der Waals surface area (Å²) in [5, 5.41) is 0.105. The number of aromatic nitrogens is 1. The fourth-order valence-corrected chi connectivity index (χ4v) is 1.97. The third kappa shape index (κ3) is 3.56. The molecule has 0 unspecified atom stereocenters. The minimum atomic E-state index is -0.722. The Labute approximate surface area is 122 Å². The second-order valence-corrected chi connectivity index (χ2v) is 4.65. The molecule has 0 N–H and O–H groups in total. The lowest BCUT2D eigenvalue weighted by molar-refractivity contribution is 0.0734. The number of nitrogens with zero attached hydrogens (tertiary/aromatic N) is 1. The Balaban J connectivity index is 2.25. The van der Waals surface area contributed by atoms with Gasteiger partial charge in [-0.15, -0.1) is 0 Å². The number of rotatable bonds is 2. The minimum absolute atomic E-state index is 0.0143. The van der Waals surface area contributed by atoms with Crippen LogP contribution in [-0.4, -0.2) is 11.0 Å². The lowest BCUT2D eigenvalue weighted by Gasteiger charge is -2.06. The van der Waals surface area contributed by atoms with Crippen LogP contribution in [0.2, 0.25) is 15.3 Å². The van der Waals surface area contributed by atoms with Crippen LogP contribution in [0.5, 0.6) is 5.75 Å². The van der Waals surface area contributed by atoms with Crippen molar-refractivity contribution in [2.24, 2.45) is 0 Å². The number of pyridine rings is 1. The van der Waals surface area contributed by atoms with Crippen LogP contribution in [0.15, 0.2) is 30.3 Å². The molecule has 0 fully saturated rings. The van der Waals surface area contributed by atoms with Gasteiger partial charge in [-0.3, -0.25) is 0 Å². The van der Waals surface area contributed by atoms with Crippen molar-refractivity contribution in [1.29, 1.82) is 0 Å². The second-order valence-electron chi connectivity index (χ2n) is 3.47. The second kappa shape index (κ2) is 5.74. The molecule has 0 saturated carbocycles. The van der Waals surface area contributed by atoms with Gasteiger partial charge in [-0.05, 0) is 30.3 Å². The van der Waals surface area contributed by atoms with E-state index in [1.54, 1.807) is 0 Å². The van der Waals surface area contributed by atoms with Gasteiger partial charge in [0.1, 0.15) is 21.9 Å². The summed E-state index contributed by atoms with van der Waals surface area (Å²) in [6.45, 7) is 0. The van der Waals surface area contributed by atoms with E-state index in [1.807, 2.05) is 0 Å².